The molecule has 2 aromatic heterocycles. The fourth-order valence-electron chi connectivity index (χ4n) is 4.11. The van der Waals surface area contributed by atoms with Gasteiger partial charge in [0.15, 0.2) is 0 Å². The van der Waals surface area contributed by atoms with Gasteiger partial charge in [0.1, 0.15) is 5.82 Å². The molecular weight excluding hydrogens is 366 g/mol. The number of fused-ring (bicyclic) bond motifs is 1. The smallest absolute Gasteiger partial charge is 0.320 e. The number of aliphatic hydroxyl groups is 1. The average Bonchev–Trinajstić information content (AvgIpc) is 3.18. The second-order valence-electron chi connectivity index (χ2n) is 7.66. The van der Waals surface area contributed by atoms with E-state index in [1.165, 1.54) is 19.3 Å². The zero-order valence-electron chi connectivity index (χ0n) is 16.6. The maximum absolute atomic E-state index is 12.4. The summed E-state index contributed by atoms with van der Waals surface area (Å²) in [6, 6.07) is 11.5. The quantitative estimate of drug-likeness (QED) is 0.602. The number of amides is 2. The number of carbonyl (C=O) groups excluding carboxylic acids is 1. The number of carbonyl (C=O) groups is 1. The predicted octanol–water partition coefficient (Wildman–Crippen LogP) is 4.31. The lowest BCUT2D eigenvalue weighted by Crippen LogP contribution is -2.31. The van der Waals surface area contributed by atoms with E-state index in [0.717, 1.165) is 29.3 Å². The minimum Gasteiger partial charge on any atom is -0.390 e. The zero-order valence-corrected chi connectivity index (χ0v) is 16.6. The molecular formula is C22H27N5O2. The van der Waals surface area contributed by atoms with E-state index in [9.17, 15) is 9.90 Å². The number of hydrogen-bond acceptors (Lipinski definition) is 4. The van der Waals surface area contributed by atoms with Crippen LogP contribution in [0.5, 0.6) is 0 Å². The van der Waals surface area contributed by atoms with Crippen molar-refractivity contribution in [2.75, 3.05) is 5.32 Å². The molecule has 1 fully saturated rings. The van der Waals surface area contributed by atoms with Gasteiger partial charge in [-0.1, -0.05) is 49.6 Å². The summed E-state index contributed by atoms with van der Waals surface area (Å²) >= 11 is 0. The molecule has 1 aliphatic carbocycles. The van der Waals surface area contributed by atoms with Gasteiger partial charge in [-0.25, -0.2) is 9.78 Å². The highest BCUT2D eigenvalue weighted by atomic mass is 16.3. The summed E-state index contributed by atoms with van der Waals surface area (Å²) in [4.78, 5) is 16.9. The fourth-order valence-corrected chi connectivity index (χ4v) is 4.11. The summed E-state index contributed by atoms with van der Waals surface area (Å²) in [6.07, 6.45) is 7.66. The monoisotopic (exact) mass is 393 g/mol. The molecule has 7 nitrogen and oxygen atoms in total. The van der Waals surface area contributed by atoms with E-state index in [1.807, 2.05) is 48.0 Å². The predicted molar refractivity (Wildman–Crippen MR) is 113 cm³/mol. The number of anilines is 1. The molecule has 0 spiro atoms. The van der Waals surface area contributed by atoms with Gasteiger partial charge in [0.2, 0.25) is 0 Å². The number of pyridine rings is 1. The van der Waals surface area contributed by atoms with Gasteiger partial charge in [-0.3, -0.25) is 10.00 Å². The lowest BCUT2D eigenvalue weighted by Gasteiger charge is -2.23. The lowest BCUT2D eigenvalue weighted by molar-refractivity contribution is 0.249. The summed E-state index contributed by atoms with van der Waals surface area (Å²) in [5, 5.41) is 21.0. The molecule has 7 heteroatoms. The third-order valence-electron chi connectivity index (χ3n) is 5.60. The van der Waals surface area contributed by atoms with Crippen LogP contribution in [0, 0.1) is 0 Å². The van der Waals surface area contributed by atoms with E-state index in [2.05, 4.69) is 20.7 Å². The topological polar surface area (TPSA) is 92.1 Å². The number of hydrogen-bond donors (Lipinski definition) is 3. The summed E-state index contributed by atoms with van der Waals surface area (Å²) < 4.78 is 2.01. The molecule has 0 saturated heterocycles. The summed E-state index contributed by atoms with van der Waals surface area (Å²) in [6.45, 7) is 1.73. The molecule has 29 heavy (non-hydrogen) atoms. The molecule has 4 rings (SSSR count). The van der Waals surface area contributed by atoms with Gasteiger partial charge < -0.3 is 10.4 Å². The molecule has 1 aromatic carbocycles. The second-order valence-corrected chi connectivity index (χ2v) is 7.66. The fraction of sp³-hybridized carbons (Fsp3) is 0.409. The maximum Gasteiger partial charge on any atom is 0.320 e. The molecule has 2 amide bonds. The Labute approximate surface area is 170 Å². The summed E-state index contributed by atoms with van der Waals surface area (Å²) in [5.74, 6) is 0.405. The molecule has 0 radical (unpaired) electrons. The van der Waals surface area contributed by atoms with Crippen LogP contribution >= 0.6 is 0 Å². The van der Waals surface area contributed by atoms with Gasteiger partial charge in [0.05, 0.1) is 36.1 Å². The van der Waals surface area contributed by atoms with Gasteiger partial charge in [-0.15, -0.1) is 0 Å². The third-order valence-corrected chi connectivity index (χ3v) is 5.60. The number of urea groups is 1. The van der Waals surface area contributed by atoms with Gasteiger partial charge in [0, 0.05) is 5.39 Å². The Balaban J connectivity index is 1.53. The molecule has 3 N–H and O–H groups in total. The minimum absolute atomic E-state index is 0.133. The average molecular weight is 393 g/mol. The van der Waals surface area contributed by atoms with Crippen LogP contribution in [0.2, 0.25) is 0 Å². The molecule has 0 bridgehead atoms. The SMILES string of the molecule is CC(NC(=O)Nc1cc2cnn(C3CCCCC3)c2c(CO)n1)c1ccccc1. The molecule has 2 heterocycles. The number of aromatic nitrogens is 3. The van der Waals surface area contributed by atoms with Gasteiger partial charge in [-0.05, 0) is 31.4 Å². The second kappa shape index (κ2) is 8.61. The van der Waals surface area contributed by atoms with Gasteiger partial charge >= 0.3 is 6.03 Å². The minimum atomic E-state index is -0.336. The van der Waals surface area contributed by atoms with Crippen molar-refractivity contribution in [3.8, 4) is 0 Å². The molecule has 1 atom stereocenters. The van der Waals surface area contributed by atoms with Crippen LogP contribution in [0.3, 0.4) is 0 Å². The number of nitrogens with zero attached hydrogens (tertiary/aromatic N) is 3. The van der Waals surface area contributed by atoms with Crippen LogP contribution in [0.15, 0.2) is 42.6 Å². The first-order valence-corrected chi connectivity index (χ1v) is 10.3. The number of rotatable bonds is 5. The lowest BCUT2D eigenvalue weighted by atomic mass is 9.95. The van der Waals surface area contributed by atoms with E-state index in [0.29, 0.717) is 17.6 Å². The van der Waals surface area contributed by atoms with Crippen molar-refractivity contribution in [3.05, 3.63) is 53.9 Å². The normalized spacial score (nSPS) is 15.9. The molecule has 1 unspecified atom stereocenters. The Morgan fingerprint density at radius 1 is 1.24 bits per heavy atom. The number of nitrogens with one attached hydrogen (secondary N) is 2. The first-order chi connectivity index (χ1) is 14.2. The Bertz CT molecular complexity index is 980. The van der Waals surface area contributed by atoms with Crippen LogP contribution < -0.4 is 10.6 Å². The van der Waals surface area contributed by atoms with E-state index >= 15 is 0 Å². The summed E-state index contributed by atoms with van der Waals surface area (Å²) in [7, 11) is 0. The number of benzene rings is 1. The van der Waals surface area contributed by atoms with Crippen molar-refractivity contribution in [2.24, 2.45) is 0 Å². The van der Waals surface area contributed by atoms with Crippen molar-refractivity contribution < 1.29 is 9.90 Å². The Kier molecular flexibility index (Phi) is 5.76. The van der Waals surface area contributed by atoms with Crippen LogP contribution in [0.25, 0.3) is 10.9 Å². The molecule has 1 aliphatic rings. The standard InChI is InChI=1S/C22H27N5O2/c1-15(16-8-4-2-5-9-16)24-22(29)26-20-12-17-13-23-27(18-10-6-3-7-11-18)21(17)19(14-28)25-20/h2,4-5,8-9,12-13,15,18,28H,3,6-7,10-11,14H2,1H3,(H2,24,25,26,29). The summed E-state index contributed by atoms with van der Waals surface area (Å²) in [5.41, 5.74) is 2.43. The van der Waals surface area contributed by atoms with Crippen LogP contribution in [-0.2, 0) is 6.61 Å². The Morgan fingerprint density at radius 2 is 2.00 bits per heavy atom. The highest BCUT2D eigenvalue weighted by molar-refractivity contribution is 5.92. The first-order valence-electron chi connectivity index (χ1n) is 10.3. The van der Waals surface area contributed by atoms with E-state index in [4.69, 9.17) is 0 Å². The zero-order chi connectivity index (χ0) is 20.2. The van der Waals surface area contributed by atoms with Crippen LogP contribution in [-0.4, -0.2) is 25.9 Å². The molecule has 3 aromatic rings. The molecule has 152 valence electrons. The van der Waals surface area contributed by atoms with Crippen molar-refractivity contribution in [2.45, 2.75) is 57.7 Å². The van der Waals surface area contributed by atoms with E-state index in [1.54, 1.807) is 6.20 Å². The van der Waals surface area contributed by atoms with Crippen LogP contribution in [0.1, 0.15) is 62.4 Å². The number of aliphatic hydroxyl groups excluding tert-OH is 1. The Morgan fingerprint density at radius 3 is 2.72 bits per heavy atom. The van der Waals surface area contributed by atoms with Crippen molar-refractivity contribution in [1.82, 2.24) is 20.1 Å². The molecule has 0 aliphatic heterocycles. The van der Waals surface area contributed by atoms with Crippen molar-refractivity contribution in [1.29, 1.82) is 0 Å². The third kappa shape index (κ3) is 4.24. The molecule has 1 saturated carbocycles. The van der Waals surface area contributed by atoms with Gasteiger partial charge in [0.25, 0.3) is 0 Å². The van der Waals surface area contributed by atoms with E-state index < -0.39 is 0 Å². The maximum atomic E-state index is 12.4. The largest absolute Gasteiger partial charge is 0.390 e. The highest BCUT2D eigenvalue weighted by Crippen LogP contribution is 2.32. The first kappa shape index (κ1) is 19.4. The van der Waals surface area contributed by atoms with Crippen molar-refractivity contribution >= 4 is 22.8 Å². The van der Waals surface area contributed by atoms with Gasteiger partial charge in [-0.2, -0.15) is 5.10 Å². The Hall–Kier alpha value is -2.93. The highest BCUT2D eigenvalue weighted by Gasteiger charge is 2.21. The van der Waals surface area contributed by atoms with Crippen LogP contribution in [0.4, 0.5) is 10.6 Å². The van der Waals surface area contributed by atoms with Crippen molar-refractivity contribution in [3.63, 3.8) is 0 Å². The van der Waals surface area contributed by atoms with E-state index in [-0.39, 0.29) is 18.7 Å².